The highest BCUT2D eigenvalue weighted by Crippen LogP contribution is 2.25. The SMILES string of the molecule is CCNCc1ccc(S(=O)(=O)N(C)Cc2cscn2)s1. The van der Waals surface area contributed by atoms with Gasteiger partial charge in [-0.25, -0.2) is 13.4 Å². The fourth-order valence-electron chi connectivity index (χ4n) is 1.62. The van der Waals surface area contributed by atoms with Crippen LogP contribution in [0.5, 0.6) is 0 Å². The molecule has 2 aromatic heterocycles. The van der Waals surface area contributed by atoms with Crippen LogP contribution in [0.4, 0.5) is 0 Å². The fourth-order valence-corrected chi connectivity index (χ4v) is 4.85. The fraction of sp³-hybridized carbons (Fsp3) is 0.417. The van der Waals surface area contributed by atoms with E-state index in [0.29, 0.717) is 17.3 Å². The molecular weight excluding hydrogens is 314 g/mol. The predicted octanol–water partition coefficient (Wildman–Crippen LogP) is 2.13. The molecule has 110 valence electrons. The summed E-state index contributed by atoms with van der Waals surface area (Å²) in [6, 6.07) is 3.53. The van der Waals surface area contributed by atoms with Crippen molar-refractivity contribution in [2.24, 2.45) is 0 Å². The van der Waals surface area contributed by atoms with Gasteiger partial charge >= 0.3 is 0 Å². The number of sulfonamides is 1. The van der Waals surface area contributed by atoms with E-state index in [4.69, 9.17) is 0 Å². The van der Waals surface area contributed by atoms with Crippen molar-refractivity contribution in [2.45, 2.75) is 24.2 Å². The summed E-state index contributed by atoms with van der Waals surface area (Å²) >= 11 is 2.77. The number of rotatable bonds is 7. The van der Waals surface area contributed by atoms with E-state index in [9.17, 15) is 8.42 Å². The Bertz CT molecular complexity index is 635. The van der Waals surface area contributed by atoms with Crippen LogP contribution in [0, 0.1) is 0 Å². The molecule has 2 rings (SSSR count). The Hall–Kier alpha value is -0.800. The molecule has 0 saturated carbocycles. The van der Waals surface area contributed by atoms with Crippen molar-refractivity contribution >= 4 is 32.7 Å². The summed E-state index contributed by atoms with van der Waals surface area (Å²) in [5.74, 6) is 0. The molecular formula is C12H17N3O2S3. The van der Waals surface area contributed by atoms with Gasteiger partial charge in [-0.1, -0.05) is 6.92 Å². The normalized spacial score (nSPS) is 12.2. The third-order valence-electron chi connectivity index (χ3n) is 2.72. The number of thiazole rings is 1. The maximum absolute atomic E-state index is 12.4. The van der Waals surface area contributed by atoms with Crippen LogP contribution in [-0.2, 0) is 23.1 Å². The van der Waals surface area contributed by atoms with Crippen LogP contribution in [0.15, 0.2) is 27.2 Å². The minimum Gasteiger partial charge on any atom is -0.312 e. The van der Waals surface area contributed by atoms with Gasteiger partial charge in [0.15, 0.2) is 0 Å². The molecule has 5 nitrogen and oxygen atoms in total. The first kappa shape index (κ1) is 15.6. The van der Waals surface area contributed by atoms with Crippen molar-refractivity contribution in [2.75, 3.05) is 13.6 Å². The summed E-state index contributed by atoms with van der Waals surface area (Å²) in [5.41, 5.74) is 2.47. The van der Waals surface area contributed by atoms with Gasteiger partial charge in [-0.05, 0) is 18.7 Å². The lowest BCUT2D eigenvalue weighted by atomic mass is 10.4. The zero-order chi connectivity index (χ0) is 14.6. The Morgan fingerprint density at radius 2 is 2.20 bits per heavy atom. The predicted molar refractivity (Wildman–Crippen MR) is 82.5 cm³/mol. The number of nitrogens with zero attached hydrogens (tertiary/aromatic N) is 2. The van der Waals surface area contributed by atoms with Crippen LogP contribution in [0.3, 0.4) is 0 Å². The first-order valence-corrected chi connectivity index (χ1v) is 9.36. The minimum atomic E-state index is -3.43. The van der Waals surface area contributed by atoms with E-state index in [1.165, 1.54) is 27.0 Å². The lowest BCUT2D eigenvalue weighted by Gasteiger charge is -2.14. The van der Waals surface area contributed by atoms with Crippen molar-refractivity contribution in [3.8, 4) is 0 Å². The van der Waals surface area contributed by atoms with Crippen LogP contribution < -0.4 is 5.32 Å². The molecule has 0 aliphatic heterocycles. The van der Waals surface area contributed by atoms with Gasteiger partial charge in [0, 0.05) is 23.8 Å². The number of nitrogens with one attached hydrogen (secondary N) is 1. The van der Waals surface area contributed by atoms with Crippen molar-refractivity contribution in [1.82, 2.24) is 14.6 Å². The molecule has 8 heteroatoms. The van der Waals surface area contributed by atoms with Gasteiger partial charge in [-0.15, -0.1) is 22.7 Å². The largest absolute Gasteiger partial charge is 0.312 e. The Balaban J connectivity index is 2.10. The van der Waals surface area contributed by atoms with Gasteiger partial charge in [0.25, 0.3) is 10.0 Å². The van der Waals surface area contributed by atoms with Crippen LogP contribution in [0.1, 0.15) is 17.5 Å². The highest BCUT2D eigenvalue weighted by molar-refractivity contribution is 7.91. The number of hydrogen-bond acceptors (Lipinski definition) is 6. The molecule has 0 fully saturated rings. The van der Waals surface area contributed by atoms with E-state index in [0.717, 1.165) is 17.1 Å². The summed E-state index contributed by atoms with van der Waals surface area (Å²) in [5, 5.41) is 5.05. The highest BCUT2D eigenvalue weighted by atomic mass is 32.2. The summed E-state index contributed by atoms with van der Waals surface area (Å²) in [6.45, 7) is 3.88. The Morgan fingerprint density at radius 1 is 1.40 bits per heavy atom. The van der Waals surface area contributed by atoms with E-state index >= 15 is 0 Å². The Labute approximate surface area is 127 Å². The van der Waals surface area contributed by atoms with Gasteiger partial charge in [-0.2, -0.15) is 4.31 Å². The second-order valence-corrected chi connectivity index (χ2v) is 8.40. The van der Waals surface area contributed by atoms with Crippen LogP contribution in [0.25, 0.3) is 0 Å². The van der Waals surface area contributed by atoms with Gasteiger partial charge in [0.05, 0.1) is 17.7 Å². The molecule has 1 N–H and O–H groups in total. The molecule has 0 saturated heterocycles. The molecule has 0 amide bonds. The molecule has 0 radical (unpaired) electrons. The summed E-state index contributed by atoms with van der Waals surface area (Å²) in [6.07, 6.45) is 0. The maximum atomic E-state index is 12.4. The van der Waals surface area contributed by atoms with E-state index < -0.39 is 10.0 Å². The van der Waals surface area contributed by atoms with Gasteiger partial charge in [0.1, 0.15) is 4.21 Å². The lowest BCUT2D eigenvalue weighted by molar-refractivity contribution is 0.464. The minimum absolute atomic E-state index is 0.298. The average Bonchev–Trinajstić information content (AvgIpc) is 3.07. The lowest BCUT2D eigenvalue weighted by Crippen LogP contribution is -2.25. The van der Waals surface area contributed by atoms with E-state index in [2.05, 4.69) is 10.3 Å². The van der Waals surface area contributed by atoms with Crippen molar-refractivity contribution < 1.29 is 8.42 Å². The van der Waals surface area contributed by atoms with E-state index in [1.54, 1.807) is 18.6 Å². The molecule has 20 heavy (non-hydrogen) atoms. The molecule has 0 unspecified atom stereocenters. The Kier molecular flexibility index (Phi) is 5.28. The number of hydrogen-bond donors (Lipinski definition) is 1. The van der Waals surface area contributed by atoms with Crippen molar-refractivity contribution in [3.05, 3.63) is 33.6 Å². The molecule has 0 aliphatic carbocycles. The second kappa shape index (κ2) is 6.77. The average molecular weight is 331 g/mol. The molecule has 0 spiro atoms. The number of thiophene rings is 1. The zero-order valence-electron chi connectivity index (χ0n) is 11.4. The van der Waals surface area contributed by atoms with Crippen LogP contribution in [-0.4, -0.2) is 31.3 Å². The monoisotopic (exact) mass is 331 g/mol. The Morgan fingerprint density at radius 3 is 2.85 bits per heavy atom. The first-order chi connectivity index (χ1) is 9.54. The first-order valence-electron chi connectivity index (χ1n) is 6.17. The summed E-state index contributed by atoms with van der Waals surface area (Å²) in [7, 11) is -1.85. The third-order valence-corrected chi connectivity index (χ3v) is 6.71. The highest BCUT2D eigenvalue weighted by Gasteiger charge is 2.23. The number of aromatic nitrogens is 1. The zero-order valence-corrected chi connectivity index (χ0v) is 13.8. The molecule has 0 aromatic carbocycles. The standard InChI is InChI=1S/C12H17N3O2S3/c1-3-13-6-11-4-5-12(19-11)20(16,17)15(2)7-10-8-18-9-14-10/h4-5,8-9,13H,3,6-7H2,1-2H3. The smallest absolute Gasteiger partial charge is 0.252 e. The third kappa shape index (κ3) is 3.64. The van der Waals surface area contributed by atoms with Crippen molar-refractivity contribution in [3.63, 3.8) is 0 Å². The van der Waals surface area contributed by atoms with Crippen molar-refractivity contribution in [1.29, 1.82) is 0 Å². The summed E-state index contributed by atoms with van der Waals surface area (Å²) in [4.78, 5) is 5.14. The molecule has 2 aromatic rings. The second-order valence-electron chi connectivity index (χ2n) is 4.24. The molecule has 2 heterocycles. The summed E-state index contributed by atoms with van der Waals surface area (Å²) < 4.78 is 26.6. The van der Waals surface area contributed by atoms with Gasteiger partial charge in [0.2, 0.25) is 0 Å². The van der Waals surface area contributed by atoms with E-state index in [1.807, 2.05) is 18.4 Å². The van der Waals surface area contributed by atoms with Gasteiger partial charge in [-0.3, -0.25) is 0 Å². The molecule has 0 bridgehead atoms. The maximum Gasteiger partial charge on any atom is 0.252 e. The quantitative estimate of drug-likeness (QED) is 0.844. The van der Waals surface area contributed by atoms with Crippen LogP contribution >= 0.6 is 22.7 Å². The molecule has 0 aliphatic rings. The van der Waals surface area contributed by atoms with E-state index in [-0.39, 0.29) is 0 Å². The topological polar surface area (TPSA) is 62.3 Å². The molecule has 0 atom stereocenters. The van der Waals surface area contributed by atoms with Crippen LogP contribution in [0.2, 0.25) is 0 Å². The van der Waals surface area contributed by atoms with Gasteiger partial charge < -0.3 is 5.32 Å².